The molecule has 35 heavy (non-hydrogen) atoms. The maximum absolute atomic E-state index is 12.8. The van der Waals surface area contributed by atoms with Gasteiger partial charge in [0.1, 0.15) is 5.60 Å². The van der Waals surface area contributed by atoms with Gasteiger partial charge < -0.3 is 15.2 Å². The number of amides is 1. The molecule has 1 amide bonds. The van der Waals surface area contributed by atoms with Gasteiger partial charge in [0.05, 0.1) is 10.1 Å². The van der Waals surface area contributed by atoms with Gasteiger partial charge in [-0.15, -0.1) is 11.8 Å². The van der Waals surface area contributed by atoms with Crippen LogP contribution in [-0.4, -0.2) is 28.1 Å². The van der Waals surface area contributed by atoms with Crippen LogP contribution in [0.4, 0.5) is 4.79 Å². The third-order valence-electron chi connectivity index (χ3n) is 5.39. The standard InChI is InChI=1S/C29H33NO4S/c1-28(2,3)34-27(33)30-25(20-13-21-26(31)32)35-29(22-14-7-4-8-15-22,23-16-9-5-10-17-23)24-18-11-6-12-19-24/h4-12,14-19,25H,13,20-21H2,1-3H3,(H,30,33)(H,31,32). The fraction of sp³-hybridized carbons (Fsp3) is 0.310. The number of carboxylic acid groups (broad SMARTS) is 1. The molecule has 0 bridgehead atoms. The fourth-order valence-electron chi connectivity index (χ4n) is 3.97. The van der Waals surface area contributed by atoms with E-state index >= 15 is 0 Å². The first-order valence-corrected chi connectivity index (χ1v) is 12.6. The number of ether oxygens (including phenoxy) is 1. The number of carbonyl (C=O) groups is 2. The van der Waals surface area contributed by atoms with Crippen LogP contribution in [0.2, 0.25) is 0 Å². The van der Waals surface area contributed by atoms with Crippen molar-refractivity contribution in [1.82, 2.24) is 5.32 Å². The Balaban J connectivity index is 2.10. The normalized spacial score (nSPS) is 12.5. The van der Waals surface area contributed by atoms with Crippen LogP contribution in [0.25, 0.3) is 0 Å². The molecule has 5 nitrogen and oxygen atoms in total. The van der Waals surface area contributed by atoms with Gasteiger partial charge in [0, 0.05) is 6.42 Å². The summed E-state index contributed by atoms with van der Waals surface area (Å²) >= 11 is 1.60. The second-order valence-electron chi connectivity index (χ2n) is 9.32. The third-order valence-corrected chi connectivity index (χ3v) is 7.09. The molecule has 1 unspecified atom stereocenters. The highest BCUT2D eigenvalue weighted by Crippen LogP contribution is 2.50. The van der Waals surface area contributed by atoms with Crippen LogP contribution in [0.5, 0.6) is 0 Å². The minimum Gasteiger partial charge on any atom is -0.481 e. The van der Waals surface area contributed by atoms with Gasteiger partial charge in [-0.1, -0.05) is 91.0 Å². The van der Waals surface area contributed by atoms with E-state index in [2.05, 4.69) is 41.7 Å². The van der Waals surface area contributed by atoms with E-state index in [0.717, 1.165) is 16.7 Å². The van der Waals surface area contributed by atoms with Crippen molar-refractivity contribution in [3.63, 3.8) is 0 Å². The molecule has 3 rings (SSSR count). The summed E-state index contributed by atoms with van der Waals surface area (Å²) < 4.78 is 4.90. The van der Waals surface area contributed by atoms with Crippen molar-refractivity contribution in [3.05, 3.63) is 108 Å². The Morgan fingerprint density at radius 1 is 0.829 bits per heavy atom. The molecule has 6 heteroatoms. The van der Waals surface area contributed by atoms with Crippen LogP contribution in [0.15, 0.2) is 91.0 Å². The lowest BCUT2D eigenvalue weighted by Gasteiger charge is -2.38. The van der Waals surface area contributed by atoms with Crippen LogP contribution < -0.4 is 5.32 Å². The minimum absolute atomic E-state index is 0.0298. The van der Waals surface area contributed by atoms with Gasteiger partial charge in [0.2, 0.25) is 0 Å². The molecule has 0 saturated heterocycles. The number of aliphatic carboxylic acids is 1. The SMILES string of the molecule is CC(C)(C)OC(=O)NC(CCCC(=O)O)SC(c1ccccc1)(c1ccccc1)c1ccccc1. The summed E-state index contributed by atoms with van der Waals surface area (Å²) in [7, 11) is 0. The summed E-state index contributed by atoms with van der Waals surface area (Å²) in [5.41, 5.74) is 2.56. The van der Waals surface area contributed by atoms with Crippen LogP contribution >= 0.6 is 11.8 Å². The Morgan fingerprint density at radius 3 is 1.63 bits per heavy atom. The lowest BCUT2D eigenvalue weighted by Crippen LogP contribution is -2.40. The van der Waals surface area contributed by atoms with E-state index in [1.807, 2.05) is 75.4 Å². The van der Waals surface area contributed by atoms with Crippen molar-refractivity contribution in [2.24, 2.45) is 0 Å². The van der Waals surface area contributed by atoms with Crippen LogP contribution in [0.1, 0.15) is 56.7 Å². The first-order chi connectivity index (χ1) is 16.7. The van der Waals surface area contributed by atoms with E-state index in [1.54, 1.807) is 11.8 Å². The molecule has 0 heterocycles. The quantitative estimate of drug-likeness (QED) is 0.240. The average Bonchev–Trinajstić information content (AvgIpc) is 2.82. The van der Waals surface area contributed by atoms with Gasteiger partial charge in [-0.25, -0.2) is 4.79 Å². The molecule has 2 N–H and O–H groups in total. The van der Waals surface area contributed by atoms with Crippen LogP contribution in [-0.2, 0) is 14.3 Å². The van der Waals surface area contributed by atoms with Gasteiger partial charge in [-0.3, -0.25) is 4.79 Å². The summed E-state index contributed by atoms with van der Waals surface area (Å²) in [5, 5.41) is 11.8. The van der Waals surface area contributed by atoms with Crippen LogP contribution in [0, 0.1) is 0 Å². The number of alkyl carbamates (subject to hydrolysis) is 1. The average molecular weight is 492 g/mol. The van der Waals surface area contributed by atoms with Gasteiger partial charge in [-0.2, -0.15) is 0 Å². The molecule has 184 valence electrons. The van der Waals surface area contributed by atoms with E-state index in [9.17, 15) is 14.7 Å². The summed E-state index contributed by atoms with van der Waals surface area (Å²) in [6.45, 7) is 5.46. The van der Waals surface area contributed by atoms with E-state index in [1.165, 1.54) is 0 Å². The maximum atomic E-state index is 12.8. The smallest absolute Gasteiger partial charge is 0.408 e. The second-order valence-corrected chi connectivity index (χ2v) is 10.7. The molecule has 0 spiro atoms. The lowest BCUT2D eigenvalue weighted by atomic mass is 9.84. The molecule has 0 radical (unpaired) electrons. The summed E-state index contributed by atoms with van der Waals surface area (Å²) in [6.07, 6.45) is 0.414. The van der Waals surface area contributed by atoms with Gasteiger partial charge in [-0.05, 0) is 50.3 Å². The van der Waals surface area contributed by atoms with E-state index in [-0.39, 0.29) is 6.42 Å². The monoisotopic (exact) mass is 491 g/mol. The Kier molecular flexibility index (Phi) is 8.99. The highest BCUT2D eigenvalue weighted by Gasteiger charge is 2.40. The molecule has 3 aromatic rings. The van der Waals surface area contributed by atoms with Crippen molar-refractivity contribution in [2.45, 2.75) is 55.8 Å². The third kappa shape index (κ3) is 7.36. The number of rotatable bonds is 10. The summed E-state index contributed by atoms with van der Waals surface area (Å²) in [6, 6.07) is 30.6. The number of thioether (sulfide) groups is 1. The second kappa shape index (κ2) is 11.9. The zero-order chi connectivity index (χ0) is 25.3. The molecule has 0 saturated carbocycles. The number of carboxylic acids is 1. The van der Waals surface area contributed by atoms with Crippen molar-refractivity contribution in [3.8, 4) is 0 Å². The number of nitrogens with one attached hydrogen (secondary N) is 1. The number of carbonyl (C=O) groups excluding carboxylic acids is 1. The molecule has 0 fully saturated rings. The van der Waals surface area contributed by atoms with Crippen molar-refractivity contribution >= 4 is 23.8 Å². The van der Waals surface area contributed by atoms with Crippen LogP contribution in [0.3, 0.4) is 0 Å². The Bertz CT molecular complexity index is 985. The molecular formula is C29H33NO4S. The summed E-state index contributed by atoms with van der Waals surface area (Å²) in [5.74, 6) is -0.855. The van der Waals surface area contributed by atoms with E-state index < -0.39 is 27.8 Å². The Labute approximate surface area is 211 Å². The molecule has 0 aliphatic rings. The minimum atomic E-state index is -0.855. The zero-order valence-electron chi connectivity index (χ0n) is 20.4. The van der Waals surface area contributed by atoms with Gasteiger partial charge >= 0.3 is 12.1 Å². The first kappa shape index (κ1) is 26.4. The predicted molar refractivity (Wildman–Crippen MR) is 141 cm³/mol. The van der Waals surface area contributed by atoms with E-state index in [0.29, 0.717) is 12.8 Å². The maximum Gasteiger partial charge on any atom is 0.408 e. The molecule has 0 aliphatic heterocycles. The highest BCUT2D eigenvalue weighted by atomic mass is 32.2. The van der Waals surface area contributed by atoms with Crippen molar-refractivity contribution < 1.29 is 19.4 Å². The largest absolute Gasteiger partial charge is 0.481 e. The number of hydrogen-bond acceptors (Lipinski definition) is 4. The van der Waals surface area contributed by atoms with Crippen molar-refractivity contribution in [2.75, 3.05) is 0 Å². The lowest BCUT2D eigenvalue weighted by molar-refractivity contribution is -0.137. The number of hydrogen-bond donors (Lipinski definition) is 2. The Hall–Kier alpha value is -3.25. The fourth-order valence-corrected chi connectivity index (χ4v) is 5.66. The number of benzene rings is 3. The van der Waals surface area contributed by atoms with Gasteiger partial charge in [0.25, 0.3) is 0 Å². The molecule has 0 aromatic heterocycles. The molecule has 1 atom stereocenters. The predicted octanol–water partition coefficient (Wildman–Crippen LogP) is 6.82. The molecule has 0 aliphatic carbocycles. The Morgan fingerprint density at radius 2 is 1.26 bits per heavy atom. The first-order valence-electron chi connectivity index (χ1n) is 11.8. The van der Waals surface area contributed by atoms with Gasteiger partial charge in [0.15, 0.2) is 0 Å². The van der Waals surface area contributed by atoms with E-state index in [4.69, 9.17) is 4.74 Å². The van der Waals surface area contributed by atoms with Crippen molar-refractivity contribution in [1.29, 1.82) is 0 Å². The zero-order valence-corrected chi connectivity index (χ0v) is 21.3. The highest BCUT2D eigenvalue weighted by molar-refractivity contribution is 8.01. The molecule has 3 aromatic carbocycles. The topological polar surface area (TPSA) is 75.6 Å². The summed E-state index contributed by atoms with van der Waals surface area (Å²) in [4.78, 5) is 24.0. The molecular weight excluding hydrogens is 458 g/mol.